The van der Waals surface area contributed by atoms with Gasteiger partial charge in [-0.2, -0.15) is 0 Å². The van der Waals surface area contributed by atoms with Crippen molar-refractivity contribution < 1.29 is 4.79 Å². The highest BCUT2D eigenvalue weighted by Gasteiger charge is 2.38. The van der Waals surface area contributed by atoms with Crippen LogP contribution in [-0.4, -0.2) is 12.8 Å². The number of piperidine rings is 1. The Morgan fingerprint density at radius 2 is 2.21 bits per heavy atom. The second kappa shape index (κ2) is 3.76. The summed E-state index contributed by atoms with van der Waals surface area (Å²) in [6, 6.07) is 0. The van der Waals surface area contributed by atoms with Gasteiger partial charge in [0, 0.05) is 23.2 Å². The van der Waals surface area contributed by atoms with E-state index in [4.69, 9.17) is 0 Å². The molecule has 1 atom stereocenters. The first-order valence-corrected chi connectivity index (χ1v) is 5.75. The summed E-state index contributed by atoms with van der Waals surface area (Å²) in [5.74, 6) is 0. The molecule has 0 bridgehead atoms. The molecule has 0 saturated carbocycles. The fourth-order valence-electron chi connectivity index (χ4n) is 3.05. The molecule has 14 heavy (non-hydrogen) atoms. The highest BCUT2D eigenvalue weighted by atomic mass is 16.1. The lowest BCUT2D eigenvalue weighted by molar-refractivity contribution is -0.105. The maximum atomic E-state index is 11.0. The van der Waals surface area contributed by atoms with Crippen molar-refractivity contribution >= 4 is 6.29 Å². The first kappa shape index (κ1) is 9.75. The normalized spacial score (nSPS) is 32.1. The zero-order valence-corrected chi connectivity index (χ0v) is 8.94. The lowest BCUT2D eigenvalue weighted by Crippen LogP contribution is -2.40. The summed E-state index contributed by atoms with van der Waals surface area (Å²) in [6.45, 7) is 3.30. The average Bonchev–Trinajstić information content (AvgIpc) is 2.28. The zero-order chi connectivity index (χ0) is 10.0. The molecule has 1 heterocycles. The number of fused-ring (bicyclic) bond motifs is 1. The van der Waals surface area contributed by atoms with Gasteiger partial charge in [-0.05, 0) is 38.5 Å². The smallest absolute Gasteiger partial charge is 0.147 e. The van der Waals surface area contributed by atoms with E-state index in [1.807, 2.05) is 0 Å². The monoisotopic (exact) mass is 193 g/mol. The molecule has 0 spiro atoms. The molecule has 2 nitrogen and oxygen atoms in total. The molecular weight excluding hydrogens is 174 g/mol. The minimum Gasteiger partial charge on any atom is -0.388 e. The van der Waals surface area contributed by atoms with E-state index in [0.717, 1.165) is 24.8 Å². The van der Waals surface area contributed by atoms with E-state index in [1.54, 1.807) is 0 Å². The molecular formula is C12H19NO. The fraction of sp³-hybridized carbons (Fsp3) is 0.750. The molecule has 1 saturated heterocycles. The van der Waals surface area contributed by atoms with E-state index in [-0.39, 0.29) is 0 Å². The van der Waals surface area contributed by atoms with E-state index in [9.17, 15) is 4.79 Å². The fourth-order valence-corrected chi connectivity index (χ4v) is 3.05. The summed E-state index contributed by atoms with van der Waals surface area (Å²) in [5, 5.41) is 3.46. The van der Waals surface area contributed by atoms with E-state index >= 15 is 0 Å². The molecule has 78 valence electrons. The highest BCUT2D eigenvalue weighted by molar-refractivity contribution is 5.75. The minimum absolute atomic E-state index is 0.326. The van der Waals surface area contributed by atoms with Crippen molar-refractivity contribution in [2.24, 2.45) is 5.41 Å². The summed E-state index contributed by atoms with van der Waals surface area (Å²) in [5.41, 5.74) is 2.65. The summed E-state index contributed by atoms with van der Waals surface area (Å²) < 4.78 is 0. The molecule has 2 aliphatic rings. The summed E-state index contributed by atoms with van der Waals surface area (Å²) in [7, 11) is 0. The Bertz CT molecular complexity index is 269. The molecule has 1 unspecified atom stereocenters. The Labute approximate surface area is 85.8 Å². The molecule has 2 rings (SSSR count). The van der Waals surface area contributed by atoms with Crippen molar-refractivity contribution in [3.05, 3.63) is 11.3 Å². The topological polar surface area (TPSA) is 29.1 Å². The van der Waals surface area contributed by atoms with Crippen molar-refractivity contribution in [3.63, 3.8) is 0 Å². The largest absolute Gasteiger partial charge is 0.388 e. The van der Waals surface area contributed by atoms with Gasteiger partial charge in [0.2, 0.25) is 0 Å². The zero-order valence-electron chi connectivity index (χ0n) is 8.94. The molecule has 0 aromatic rings. The Hall–Kier alpha value is -0.790. The van der Waals surface area contributed by atoms with Crippen LogP contribution in [0.25, 0.3) is 0 Å². The third kappa shape index (κ3) is 1.37. The molecule has 2 heteroatoms. The first-order valence-electron chi connectivity index (χ1n) is 5.75. The van der Waals surface area contributed by atoms with Crippen LogP contribution in [0.15, 0.2) is 11.3 Å². The Balaban J connectivity index is 2.38. The van der Waals surface area contributed by atoms with Crippen LogP contribution in [-0.2, 0) is 4.79 Å². The lowest BCUT2D eigenvalue weighted by Gasteiger charge is -2.43. The van der Waals surface area contributed by atoms with Gasteiger partial charge < -0.3 is 5.32 Å². The number of hydrogen-bond donors (Lipinski definition) is 1. The Morgan fingerprint density at radius 1 is 1.43 bits per heavy atom. The lowest BCUT2D eigenvalue weighted by atomic mass is 9.67. The maximum absolute atomic E-state index is 11.0. The van der Waals surface area contributed by atoms with Gasteiger partial charge in [-0.15, -0.1) is 0 Å². The third-order valence-electron chi connectivity index (χ3n) is 3.91. The molecule has 1 aliphatic carbocycles. The average molecular weight is 193 g/mol. The molecule has 0 radical (unpaired) electrons. The van der Waals surface area contributed by atoms with E-state index in [1.165, 1.54) is 37.8 Å². The predicted octanol–water partition coefficient (Wildman–Crippen LogP) is 2.40. The molecule has 1 fully saturated rings. The van der Waals surface area contributed by atoms with Crippen LogP contribution in [0.3, 0.4) is 0 Å². The van der Waals surface area contributed by atoms with Gasteiger partial charge in [-0.25, -0.2) is 0 Å². The minimum atomic E-state index is 0.326. The molecule has 0 amide bonds. The van der Waals surface area contributed by atoms with Crippen molar-refractivity contribution in [3.8, 4) is 0 Å². The van der Waals surface area contributed by atoms with E-state index in [0.29, 0.717) is 5.41 Å². The number of rotatable bonds is 2. The van der Waals surface area contributed by atoms with E-state index in [2.05, 4.69) is 12.2 Å². The number of carbonyl (C=O) groups is 1. The van der Waals surface area contributed by atoms with Gasteiger partial charge in [0.05, 0.1) is 0 Å². The van der Waals surface area contributed by atoms with Crippen LogP contribution in [0.4, 0.5) is 0 Å². The van der Waals surface area contributed by atoms with Gasteiger partial charge in [0.1, 0.15) is 6.29 Å². The van der Waals surface area contributed by atoms with Gasteiger partial charge in [-0.1, -0.05) is 6.92 Å². The van der Waals surface area contributed by atoms with Crippen LogP contribution in [0, 0.1) is 5.41 Å². The van der Waals surface area contributed by atoms with Gasteiger partial charge in [-0.3, -0.25) is 4.79 Å². The van der Waals surface area contributed by atoms with Gasteiger partial charge >= 0.3 is 0 Å². The van der Waals surface area contributed by atoms with Gasteiger partial charge in [0.15, 0.2) is 0 Å². The van der Waals surface area contributed by atoms with Gasteiger partial charge in [0.25, 0.3) is 0 Å². The highest BCUT2D eigenvalue weighted by Crippen LogP contribution is 2.46. The second-order valence-corrected chi connectivity index (χ2v) is 4.54. The second-order valence-electron chi connectivity index (χ2n) is 4.54. The molecule has 1 N–H and O–H groups in total. The number of hydrogen-bond acceptors (Lipinski definition) is 2. The number of nitrogens with one attached hydrogen (secondary N) is 1. The van der Waals surface area contributed by atoms with Crippen LogP contribution in [0.1, 0.15) is 45.4 Å². The molecule has 0 aromatic heterocycles. The Morgan fingerprint density at radius 3 is 2.93 bits per heavy atom. The number of carbonyl (C=O) groups excluding carboxylic acids is 1. The third-order valence-corrected chi connectivity index (χ3v) is 3.91. The summed E-state index contributed by atoms with van der Waals surface area (Å²) >= 11 is 0. The first-order chi connectivity index (χ1) is 6.82. The Kier molecular flexibility index (Phi) is 2.62. The van der Waals surface area contributed by atoms with Crippen molar-refractivity contribution in [1.29, 1.82) is 0 Å². The number of aldehydes is 1. The van der Waals surface area contributed by atoms with Crippen LogP contribution in [0.5, 0.6) is 0 Å². The van der Waals surface area contributed by atoms with Crippen LogP contribution in [0.2, 0.25) is 0 Å². The van der Waals surface area contributed by atoms with Crippen LogP contribution >= 0.6 is 0 Å². The quantitative estimate of drug-likeness (QED) is 0.682. The van der Waals surface area contributed by atoms with Crippen molar-refractivity contribution in [2.75, 3.05) is 6.54 Å². The van der Waals surface area contributed by atoms with Crippen molar-refractivity contribution in [1.82, 2.24) is 5.32 Å². The molecule has 0 aromatic carbocycles. The van der Waals surface area contributed by atoms with Crippen LogP contribution < -0.4 is 5.32 Å². The standard InChI is InChI=1S/C12H19NO/c1-2-12-6-3-5-10(9-14)11(12)13-8-4-7-12/h9,13H,2-8H2,1H3. The SMILES string of the molecule is CCC12CCCNC1=C(C=O)CCC2. The summed E-state index contributed by atoms with van der Waals surface area (Å²) in [4.78, 5) is 11.0. The summed E-state index contributed by atoms with van der Waals surface area (Å²) in [6.07, 6.45) is 8.19. The maximum Gasteiger partial charge on any atom is 0.147 e. The van der Waals surface area contributed by atoms with E-state index < -0.39 is 0 Å². The molecule has 1 aliphatic heterocycles. The van der Waals surface area contributed by atoms with Crippen molar-refractivity contribution in [2.45, 2.75) is 45.4 Å². The number of allylic oxidation sites excluding steroid dienone is 2. The predicted molar refractivity (Wildman–Crippen MR) is 56.9 cm³/mol.